The minimum atomic E-state index is -4.74. The van der Waals surface area contributed by atoms with Crippen LogP contribution in [0.4, 0.5) is 28.9 Å². The molecule has 0 aliphatic carbocycles. The molecule has 0 saturated carbocycles. The van der Waals surface area contributed by atoms with Gasteiger partial charge < -0.3 is 20.9 Å². The van der Waals surface area contributed by atoms with Crippen LogP contribution in [-0.4, -0.2) is 30.0 Å². The van der Waals surface area contributed by atoms with Crippen molar-refractivity contribution in [1.82, 2.24) is 0 Å². The van der Waals surface area contributed by atoms with Gasteiger partial charge in [0.05, 0.1) is 17.5 Å². The lowest BCUT2D eigenvalue weighted by molar-refractivity contribution is -0.198. The summed E-state index contributed by atoms with van der Waals surface area (Å²) in [6.07, 6.45) is -7.58. The number of nitrogens with one attached hydrogen (secondary N) is 1. The van der Waals surface area contributed by atoms with Gasteiger partial charge in [0.15, 0.2) is 17.7 Å². The van der Waals surface area contributed by atoms with E-state index in [0.29, 0.717) is 0 Å². The van der Waals surface area contributed by atoms with Gasteiger partial charge in [0.2, 0.25) is 0 Å². The van der Waals surface area contributed by atoms with E-state index in [1.54, 1.807) is 13.8 Å². The lowest BCUT2D eigenvalue weighted by Crippen LogP contribution is -2.35. The molecule has 20 heavy (non-hydrogen) atoms. The molecule has 1 aromatic rings. The molecule has 0 fully saturated rings. The maximum Gasteiger partial charge on any atom is 0.416 e. The second-order valence-corrected chi connectivity index (χ2v) is 4.47. The third kappa shape index (κ3) is 4.44. The first-order valence-electron chi connectivity index (χ1n) is 5.85. The highest BCUT2D eigenvalue weighted by atomic mass is 19.4. The molecular weight excluding hydrogens is 280 g/mol. The molecule has 1 aromatic carbocycles. The Hall–Kier alpha value is -1.70. The Morgan fingerprint density at radius 1 is 1.35 bits per heavy atom. The van der Waals surface area contributed by atoms with Crippen LogP contribution in [0.25, 0.3) is 0 Å². The number of alkyl halides is 3. The minimum absolute atomic E-state index is 0.0605. The number of hydrogen-bond donors (Lipinski definition) is 3. The molecule has 0 aliphatic heterocycles. The van der Waals surface area contributed by atoms with Crippen molar-refractivity contribution in [2.24, 2.45) is 0 Å². The summed E-state index contributed by atoms with van der Waals surface area (Å²) < 4.78 is 55.2. The number of rotatable bonds is 5. The fourth-order valence-corrected chi connectivity index (χ4v) is 1.39. The summed E-state index contributed by atoms with van der Waals surface area (Å²) in [7, 11) is 0. The van der Waals surface area contributed by atoms with E-state index in [4.69, 9.17) is 15.6 Å². The lowest BCUT2D eigenvalue weighted by Gasteiger charge is -2.18. The zero-order chi connectivity index (χ0) is 15.5. The maximum absolute atomic E-state index is 13.5. The number of halogens is 4. The average Bonchev–Trinajstić information content (AvgIpc) is 2.28. The lowest BCUT2D eigenvalue weighted by atomic mass is 10.2. The molecule has 0 aromatic heterocycles. The third-order valence-corrected chi connectivity index (χ3v) is 2.33. The highest BCUT2D eigenvalue weighted by Crippen LogP contribution is 2.29. The van der Waals surface area contributed by atoms with Crippen LogP contribution in [-0.2, 0) is 0 Å². The second kappa shape index (κ2) is 6.17. The Morgan fingerprint density at radius 2 is 1.95 bits per heavy atom. The summed E-state index contributed by atoms with van der Waals surface area (Å²) >= 11 is 0. The third-order valence-electron chi connectivity index (χ3n) is 2.33. The van der Waals surface area contributed by atoms with Crippen LogP contribution < -0.4 is 15.8 Å². The van der Waals surface area contributed by atoms with Gasteiger partial charge in [0.25, 0.3) is 0 Å². The Kier molecular flexibility index (Phi) is 5.04. The molecule has 0 saturated heterocycles. The van der Waals surface area contributed by atoms with E-state index in [9.17, 15) is 17.6 Å². The molecule has 4 N–H and O–H groups in total. The van der Waals surface area contributed by atoms with Crippen molar-refractivity contribution >= 4 is 11.4 Å². The van der Waals surface area contributed by atoms with Crippen molar-refractivity contribution in [1.29, 1.82) is 0 Å². The van der Waals surface area contributed by atoms with Crippen molar-refractivity contribution in [3.05, 3.63) is 17.9 Å². The fraction of sp³-hybridized carbons (Fsp3) is 0.500. The summed E-state index contributed by atoms with van der Waals surface area (Å²) in [6.45, 7) is 2.56. The van der Waals surface area contributed by atoms with Crippen molar-refractivity contribution in [2.45, 2.75) is 32.2 Å². The van der Waals surface area contributed by atoms with Crippen molar-refractivity contribution in [2.75, 3.05) is 17.6 Å². The largest absolute Gasteiger partial charge is 0.488 e. The molecule has 4 nitrogen and oxygen atoms in total. The van der Waals surface area contributed by atoms with Crippen LogP contribution in [0.3, 0.4) is 0 Å². The first-order valence-corrected chi connectivity index (χ1v) is 5.85. The molecule has 0 heterocycles. The Bertz CT molecular complexity index is 464. The molecule has 0 amide bonds. The number of anilines is 2. The average molecular weight is 296 g/mol. The maximum atomic E-state index is 13.5. The van der Waals surface area contributed by atoms with E-state index in [2.05, 4.69) is 5.32 Å². The van der Waals surface area contributed by atoms with Gasteiger partial charge in [-0.3, -0.25) is 0 Å². The summed E-state index contributed by atoms with van der Waals surface area (Å²) in [5.74, 6) is -0.837. The summed E-state index contributed by atoms with van der Waals surface area (Å²) in [5.41, 5.74) is 5.48. The molecule has 0 radical (unpaired) electrons. The van der Waals surface area contributed by atoms with Gasteiger partial charge >= 0.3 is 6.18 Å². The Labute approximate surface area is 113 Å². The number of aliphatic hydroxyl groups is 1. The SMILES string of the molecule is CC(C)Oc1cc(NCC(O)C(F)(F)F)c(N)cc1F. The minimum Gasteiger partial charge on any atom is -0.488 e. The van der Waals surface area contributed by atoms with Gasteiger partial charge in [-0.1, -0.05) is 0 Å². The Balaban J connectivity index is 2.84. The number of ether oxygens (including phenoxy) is 1. The topological polar surface area (TPSA) is 67.5 Å². The van der Waals surface area contributed by atoms with E-state index >= 15 is 0 Å². The number of benzene rings is 1. The van der Waals surface area contributed by atoms with Crippen LogP contribution in [0.2, 0.25) is 0 Å². The normalized spacial score (nSPS) is 13.4. The van der Waals surface area contributed by atoms with E-state index in [0.717, 1.165) is 12.1 Å². The highest BCUT2D eigenvalue weighted by Gasteiger charge is 2.37. The first-order chi connectivity index (χ1) is 9.11. The molecule has 0 spiro atoms. The molecule has 1 unspecified atom stereocenters. The van der Waals surface area contributed by atoms with E-state index in [1.807, 2.05) is 0 Å². The van der Waals surface area contributed by atoms with Gasteiger partial charge in [-0.25, -0.2) is 4.39 Å². The van der Waals surface area contributed by atoms with E-state index < -0.39 is 24.6 Å². The molecule has 0 aliphatic rings. The van der Waals surface area contributed by atoms with Crippen LogP contribution >= 0.6 is 0 Å². The molecule has 114 valence electrons. The zero-order valence-electron chi connectivity index (χ0n) is 11.0. The molecule has 1 rings (SSSR count). The predicted octanol–water partition coefficient (Wildman–Crippen LogP) is 2.53. The summed E-state index contributed by atoms with van der Waals surface area (Å²) in [5, 5.41) is 11.2. The number of nitrogens with two attached hydrogens (primary N) is 1. The van der Waals surface area contributed by atoms with Crippen LogP contribution in [0.1, 0.15) is 13.8 Å². The molecular formula is C12H16F4N2O2. The quantitative estimate of drug-likeness (QED) is 0.577. The van der Waals surface area contributed by atoms with Gasteiger partial charge in [-0.2, -0.15) is 13.2 Å². The summed E-state index contributed by atoms with van der Waals surface area (Å²) in [6, 6.07) is 2.10. The molecule has 0 bridgehead atoms. The van der Waals surface area contributed by atoms with Gasteiger partial charge in [-0.05, 0) is 13.8 Å². The van der Waals surface area contributed by atoms with E-state index in [1.165, 1.54) is 0 Å². The van der Waals surface area contributed by atoms with Crippen molar-refractivity contribution in [3.8, 4) is 5.75 Å². The van der Waals surface area contributed by atoms with Crippen LogP contribution in [0.5, 0.6) is 5.75 Å². The van der Waals surface area contributed by atoms with Crippen LogP contribution in [0, 0.1) is 5.82 Å². The summed E-state index contributed by atoms with van der Waals surface area (Å²) in [4.78, 5) is 0. The first kappa shape index (κ1) is 16.4. The predicted molar refractivity (Wildman–Crippen MR) is 67.1 cm³/mol. The zero-order valence-corrected chi connectivity index (χ0v) is 11.0. The number of hydrogen-bond acceptors (Lipinski definition) is 4. The van der Waals surface area contributed by atoms with E-state index in [-0.39, 0.29) is 23.2 Å². The fourth-order valence-electron chi connectivity index (χ4n) is 1.39. The number of aliphatic hydroxyl groups excluding tert-OH is 1. The second-order valence-electron chi connectivity index (χ2n) is 4.47. The van der Waals surface area contributed by atoms with Crippen molar-refractivity contribution in [3.63, 3.8) is 0 Å². The standard InChI is InChI=1S/C12H16F4N2O2/c1-6(2)20-10-4-9(8(17)3-7(10)13)18-5-11(19)12(14,15)16/h3-4,6,11,18-19H,5,17H2,1-2H3. The molecule has 1 atom stereocenters. The van der Waals surface area contributed by atoms with Gasteiger partial charge in [-0.15, -0.1) is 0 Å². The Morgan fingerprint density at radius 3 is 2.45 bits per heavy atom. The number of nitrogen functional groups attached to an aromatic ring is 1. The van der Waals surface area contributed by atoms with Gasteiger partial charge in [0, 0.05) is 18.7 Å². The van der Waals surface area contributed by atoms with Gasteiger partial charge in [0.1, 0.15) is 0 Å². The molecule has 8 heteroatoms. The highest BCUT2D eigenvalue weighted by molar-refractivity contribution is 5.68. The van der Waals surface area contributed by atoms with Crippen LogP contribution in [0.15, 0.2) is 12.1 Å². The monoisotopic (exact) mass is 296 g/mol. The smallest absolute Gasteiger partial charge is 0.416 e. The van der Waals surface area contributed by atoms with Crippen molar-refractivity contribution < 1.29 is 27.4 Å².